The molecule has 0 radical (unpaired) electrons. The van der Waals surface area contributed by atoms with Crippen molar-refractivity contribution in [1.82, 2.24) is 9.80 Å². The van der Waals surface area contributed by atoms with Crippen molar-refractivity contribution in [3.8, 4) is 0 Å². The summed E-state index contributed by atoms with van der Waals surface area (Å²) in [7, 11) is -3.39. The average Bonchev–Trinajstić information content (AvgIpc) is 2.64. The van der Waals surface area contributed by atoms with Gasteiger partial charge in [0.05, 0.1) is 23.4 Å². The van der Waals surface area contributed by atoms with Crippen LogP contribution in [0.1, 0.15) is 66.2 Å². The van der Waals surface area contributed by atoms with Gasteiger partial charge in [-0.15, -0.1) is 0 Å². The smallest absolute Gasteiger partial charge is 0.410 e. The summed E-state index contributed by atoms with van der Waals surface area (Å²) < 4.78 is 44.0. The molecule has 3 rings (SSSR count). The van der Waals surface area contributed by atoms with Crippen LogP contribution in [0.5, 0.6) is 0 Å². The number of piperazine rings is 1. The highest BCUT2D eigenvalue weighted by molar-refractivity contribution is 7.91. The van der Waals surface area contributed by atoms with Crippen LogP contribution >= 0.6 is 0 Å². The lowest BCUT2D eigenvalue weighted by Crippen LogP contribution is -2.67. The van der Waals surface area contributed by atoms with Crippen molar-refractivity contribution in [2.75, 3.05) is 12.8 Å². The molecular weight excluding hydrogens is 423 g/mol. The Balaban J connectivity index is 1.77. The fraction of sp³-hybridized carbons (Fsp3) is 0.909. The highest BCUT2D eigenvalue weighted by Gasteiger charge is 2.49. The number of nitrogens with zero attached hydrogens (tertiary/aromatic N) is 2. The zero-order chi connectivity index (χ0) is 23.1. The number of ether oxygens (including phenoxy) is 1. The molecule has 2 aliphatic carbocycles. The van der Waals surface area contributed by atoms with E-state index in [1.807, 2.05) is 25.7 Å². The van der Waals surface area contributed by atoms with Crippen LogP contribution in [0.4, 0.5) is 9.18 Å². The summed E-state index contributed by atoms with van der Waals surface area (Å²) in [6, 6.07) is -0.308. The third-order valence-electron chi connectivity index (χ3n) is 7.42. The van der Waals surface area contributed by atoms with E-state index in [0.29, 0.717) is 25.8 Å². The van der Waals surface area contributed by atoms with Gasteiger partial charge in [-0.05, 0) is 71.1 Å². The molecule has 0 aromatic heterocycles. The van der Waals surface area contributed by atoms with Gasteiger partial charge in [-0.1, -0.05) is 0 Å². The Morgan fingerprint density at radius 3 is 2.19 bits per heavy atom. The van der Waals surface area contributed by atoms with Gasteiger partial charge in [0.15, 0.2) is 9.84 Å². The number of sulfone groups is 1. The highest BCUT2D eigenvalue weighted by Crippen LogP contribution is 2.44. The van der Waals surface area contributed by atoms with E-state index in [2.05, 4.69) is 0 Å². The van der Waals surface area contributed by atoms with Gasteiger partial charge in [-0.25, -0.2) is 17.6 Å². The predicted molar refractivity (Wildman–Crippen MR) is 116 cm³/mol. The monoisotopic (exact) mass is 460 g/mol. The summed E-state index contributed by atoms with van der Waals surface area (Å²) in [5, 5.41) is -0.902. The van der Waals surface area contributed by atoms with Gasteiger partial charge in [0, 0.05) is 25.8 Å². The second-order valence-corrected chi connectivity index (χ2v) is 12.3. The molecule has 7 atom stereocenters. The molecule has 31 heavy (non-hydrogen) atoms. The number of fused-ring (bicyclic) bond motifs is 1. The molecule has 3 fully saturated rings. The zero-order valence-electron chi connectivity index (χ0n) is 19.3. The second-order valence-electron chi connectivity index (χ2n) is 10.0. The number of hydrogen-bond donors (Lipinski definition) is 0. The van der Waals surface area contributed by atoms with Crippen LogP contribution in [0.3, 0.4) is 0 Å². The molecule has 1 aliphatic heterocycles. The SMILES string of the molecule is CC(=O)N1C2CCC(C3CCC(S(C)(=O)=O)C(F)C3)CC2N(C(=O)OC(C)C)C[C@@H]1C. The number of alkyl halides is 1. The number of hydrogen-bond acceptors (Lipinski definition) is 5. The second kappa shape index (κ2) is 9.24. The van der Waals surface area contributed by atoms with Crippen LogP contribution in [0.15, 0.2) is 0 Å². The minimum absolute atomic E-state index is 0.00955. The van der Waals surface area contributed by atoms with Gasteiger partial charge < -0.3 is 14.5 Å². The quantitative estimate of drug-likeness (QED) is 0.646. The Morgan fingerprint density at radius 2 is 1.65 bits per heavy atom. The van der Waals surface area contributed by atoms with Crippen molar-refractivity contribution in [1.29, 1.82) is 0 Å². The van der Waals surface area contributed by atoms with E-state index in [9.17, 15) is 22.4 Å². The molecule has 0 spiro atoms. The Morgan fingerprint density at radius 1 is 1.03 bits per heavy atom. The Labute approximate surface area is 185 Å². The Kier molecular flexibility index (Phi) is 7.23. The first-order valence-electron chi connectivity index (χ1n) is 11.5. The van der Waals surface area contributed by atoms with Crippen LogP contribution in [-0.2, 0) is 19.4 Å². The minimum atomic E-state index is -3.39. The minimum Gasteiger partial charge on any atom is -0.447 e. The van der Waals surface area contributed by atoms with Crippen molar-refractivity contribution in [2.45, 2.75) is 102 Å². The van der Waals surface area contributed by atoms with E-state index < -0.39 is 21.3 Å². The van der Waals surface area contributed by atoms with E-state index in [-0.39, 0.29) is 54.5 Å². The number of amides is 2. The molecule has 0 N–H and O–H groups in total. The van der Waals surface area contributed by atoms with E-state index in [4.69, 9.17) is 4.74 Å². The zero-order valence-corrected chi connectivity index (χ0v) is 20.1. The normalized spacial score (nSPS) is 36.8. The van der Waals surface area contributed by atoms with Crippen LogP contribution in [-0.4, -0.2) is 78.7 Å². The molecule has 7 nitrogen and oxygen atoms in total. The molecule has 9 heteroatoms. The molecule has 0 aromatic carbocycles. The van der Waals surface area contributed by atoms with E-state index >= 15 is 0 Å². The maximum absolute atomic E-state index is 14.7. The lowest BCUT2D eigenvalue weighted by Gasteiger charge is -2.54. The lowest BCUT2D eigenvalue weighted by atomic mass is 9.69. The summed E-state index contributed by atoms with van der Waals surface area (Å²) >= 11 is 0. The van der Waals surface area contributed by atoms with Crippen LogP contribution in [0, 0.1) is 11.8 Å². The first kappa shape index (κ1) is 24.3. The van der Waals surface area contributed by atoms with E-state index in [0.717, 1.165) is 19.1 Å². The van der Waals surface area contributed by atoms with Gasteiger partial charge in [-0.3, -0.25) is 4.79 Å². The first-order valence-corrected chi connectivity index (χ1v) is 13.4. The summed E-state index contributed by atoms with van der Waals surface area (Å²) in [5.74, 6) is 0.314. The Hall–Kier alpha value is -1.38. The van der Waals surface area contributed by atoms with E-state index in [1.54, 1.807) is 11.8 Å². The van der Waals surface area contributed by atoms with Crippen molar-refractivity contribution in [3.63, 3.8) is 0 Å². The number of carbonyl (C=O) groups is 2. The highest BCUT2D eigenvalue weighted by atomic mass is 32.2. The van der Waals surface area contributed by atoms with Crippen molar-refractivity contribution in [3.05, 3.63) is 0 Å². The average molecular weight is 461 g/mol. The van der Waals surface area contributed by atoms with Gasteiger partial charge in [0.25, 0.3) is 0 Å². The van der Waals surface area contributed by atoms with Crippen molar-refractivity contribution in [2.24, 2.45) is 11.8 Å². The van der Waals surface area contributed by atoms with Crippen molar-refractivity contribution < 1.29 is 27.1 Å². The molecule has 0 aromatic rings. The van der Waals surface area contributed by atoms with Gasteiger partial charge in [-0.2, -0.15) is 0 Å². The fourth-order valence-corrected chi connectivity index (χ4v) is 7.35. The molecule has 2 saturated carbocycles. The molecule has 2 amide bonds. The maximum atomic E-state index is 14.7. The summed E-state index contributed by atoms with van der Waals surface area (Å²) in [4.78, 5) is 28.9. The predicted octanol–water partition coefficient (Wildman–Crippen LogP) is 3.17. The third kappa shape index (κ3) is 5.17. The fourth-order valence-electron chi connectivity index (χ4n) is 6.14. The molecule has 1 saturated heterocycles. The molecule has 0 bridgehead atoms. The lowest BCUT2D eigenvalue weighted by molar-refractivity contribution is -0.142. The van der Waals surface area contributed by atoms with Crippen LogP contribution < -0.4 is 0 Å². The summed E-state index contributed by atoms with van der Waals surface area (Å²) in [6.45, 7) is 7.58. The van der Waals surface area contributed by atoms with Crippen molar-refractivity contribution >= 4 is 21.8 Å². The Bertz CT molecular complexity index is 789. The van der Waals surface area contributed by atoms with E-state index in [1.165, 1.54) is 0 Å². The molecule has 178 valence electrons. The third-order valence-corrected chi connectivity index (χ3v) is 9.05. The molecule has 3 aliphatic rings. The molecule has 6 unspecified atom stereocenters. The van der Waals surface area contributed by atoms with Crippen LogP contribution in [0.25, 0.3) is 0 Å². The molecule has 1 heterocycles. The topological polar surface area (TPSA) is 84.0 Å². The molecular formula is C22H37FN2O5S. The number of rotatable bonds is 3. The standard InChI is InChI=1S/C22H37FN2O5S/c1-13(2)30-22(27)24-12-14(3)25(15(4)26)19-8-6-17(11-20(19)24)16-7-9-21(18(23)10-16)31(5,28)29/h13-14,16-21H,6-12H2,1-5H3/t14-,16?,17?,18?,19?,20?,21?/m0/s1. The maximum Gasteiger partial charge on any atom is 0.410 e. The summed E-state index contributed by atoms with van der Waals surface area (Å²) in [6.07, 6.45) is 2.78. The number of carbonyl (C=O) groups excluding carboxylic acids is 2. The first-order chi connectivity index (χ1) is 14.4. The van der Waals surface area contributed by atoms with Gasteiger partial charge >= 0.3 is 6.09 Å². The number of halogens is 1. The van der Waals surface area contributed by atoms with Gasteiger partial charge in [0.1, 0.15) is 6.17 Å². The largest absolute Gasteiger partial charge is 0.447 e. The summed E-state index contributed by atoms with van der Waals surface area (Å²) in [5.41, 5.74) is 0. The van der Waals surface area contributed by atoms with Gasteiger partial charge in [0.2, 0.25) is 5.91 Å². The van der Waals surface area contributed by atoms with Crippen LogP contribution in [0.2, 0.25) is 0 Å².